The quantitative estimate of drug-likeness (QED) is 0.121. The SMILES string of the molecule is CON=C(C(=O)N[C@@H]1C(=O)N(S(=O)(=O)[O-])[C@@H]1CNC(C)=O)c1csc(N)n1.[Na+]. The molecule has 0 spiro atoms. The topological polar surface area (TPSA) is 196 Å². The van der Waals surface area contributed by atoms with Gasteiger partial charge >= 0.3 is 29.6 Å². The van der Waals surface area contributed by atoms with E-state index in [0.717, 1.165) is 11.3 Å². The van der Waals surface area contributed by atoms with Gasteiger partial charge in [-0.1, -0.05) is 5.16 Å². The van der Waals surface area contributed by atoms with Crippen LogP contribution in [-0.2, 0) is 29.5 Å². The Morgan fingerprint density at radius 3 is 2.61 bits per heavy atom. The van der Waals surface area contributed by atoms with E-state index in [-0.39, 0.29) is 56.9 Å². The van der Waals surface area contributed by atoms with Gasteiger partial charge in [0, 0.05) is 18.8 Å². The summed E-state index contributed by atoms with van der Waals surface area (Å²) in [5.41, 5.74) is 5.28. The molecule has 28 heavy (non-hydrogen) atoms. The predicted octanol–water partition coefficient (Wildman–Crippen LogP) is -5.63. The van der Waals surface area contributed by atoms with Crippen molar-refractivity contribution in [3.05, 3.63) is 11.1 Å². The standard InChI is InChI=1S/C12H16N6O7S2.Na/c1-5(19)14-3-7-9(11(21)18(7)27(22,23)24)16-10(20)8(17-25-2)6-4-26-12(13)15-6;/h4,7,9H,3H2,1-2H3,(H2,13,15)(H,14,19)(H,16,20)(H,22,23,24);/q;+1/p-1/t7-,9+;/m1./s1. The third kappa shape index (κ3) is 5.39. The van der Waals surface area contributed by atoms with Gasteiger partial charge in [-0.15, -0.1) is 11.3 Å². The largest absolute Gasteiger partial charge is 1.00 e. The van der Waals surface area contributed by atoms with Crippen LogP contribution in [0.3, 0.4) is 0 Å². The molecule has 0 unspecified atom stereocenters. The minimum absolute atomic E-state index is 0. The van der Waals surface area contributed by atoms with Crippen LogP contribution in [-0.4, -0.2) is 71.4 Å². The minimum Gasteiger partial charge on any atom is -0.731 e. The smallest absolute Gasteiger partial charge is 0.731 e. The van der Waals surface area contributed by atoms with Crippen molar-refractivity contribution in [2.45, 2.75) is 19.0 Å². The van der Waals surface area contributed by atoms with Gasteiger partial charge in [-0.05, 0) is 0 Å². The van der Waals surface area contributed by atoms with Crippen LogP contribution in [0.15, 0.2) is 10.5 Å². The summed E-state index contributed by atoms with van der Waals surface area (Å²) in [7, 11) is -3.93. The fraction of sp³-hybridized carbons (Fsp3) is 0.417. The third-order valence-electron chi connectivity index (χ3n) is 3.42. The number of amides is 3. The molecule has 148 valence electrons. The van der Waals surface area contributed by atoms with Crippen molar-refractivity contribution in [2.24, 2.45) is 5.16 Å². The average Bonchev–Trinajstić information content (AvgIpc) is 2.98. The maximum atomic E-state index is 12.4. The minimum atomic E-state index is -5.11. The Balaban J connectivity index is 0.00000392. The van der Waals surface area contributed by atoms with Crippen molar-refractivity contribution in [1.82, 2.24) is 19.9 Å². The van der Waals surface area contributed by atoms with Crippen LogP contribution in [0.25, 0.3) is 0 Å². The molecular weight excluding hydrogens is 427 g/mol. The Morgan fingerprint density at radius 2 is 2.14 bits per heavy atom. The number of anilines is 1. The van der Waals surface area contributed by atoms with Crippen LogP contribution in [0.2, 0.25) is 0 Å². The molecule has 1 aliphatic heterocycles. The van der Waals surface area contributed by atoms with E-state index in [1.54, 1.807) is 0 Å². The van der Waals surface area contributed by atoms with Gasteiger partial charge in [-0.3, -0.25) is 14.4 Å². The Hall–Kier alpha value is -1.78. The van der Waals surface area contributed by atoms with E-state index in [1.165, 1.54) is 19.4 Å². The molecular formula is C12H15N6NaO7S2. The van der Waals surface area contributed by atoms with Crippen molar-refractivity contribution in [3.8, 4) is 0 Å². The average molecular weight is 442 g/mol. The zero-order valence-electron chi connectivity index (χ0n) is 15.0. The van der Waals surface area contributed by atoms with Gasteiger partial charge < -0.3 is 25.8 Å². The molecule has 4 N–H and O–H groups in total. The summed E-state index contributed by atoms with van der Waals surface area (Å²) in [6.45, 7) is 0.813. The van der Waals surface area contributed by atoms with E-state index >= 15 is 0 Å². The molecule has 1 aromatic rings. The predicted molar refractivity (Wildman–Crippen MR) is 91.0 cm³/mol. The second kappa shape index (κ2) is 9.62. The third-order valence-corrected chi connectivity index (χ3v) is 5.03. The number of β-lactam (4-membered cyclic amide) rings is 1. The summed E-state index contributed by atoms with van der Waals surface area (Å²) in [5.74, 6) is -2.55. The Bertz CT molecular complexity index is 902. The number of hydrogen-bond donors (Lipinski definition) is 3. The van der Waals surface area contributed by atoms with E-state index in [4.69, 9.17) is 5.73 Å². The number of aromatic nitrogens is 1. The summed E-state index contributed by atoms with van der Waals surface area (Å²) in [4.78, 5) is 44.0. The van der Waals surface area contributed by atoms with Crippen LogP contribution in [0, 0.1) is 0 Å². The number of nitrogen functional groups attached to an aromatic ring is 1. The zero-order chi connectivity index (χ0) is 20.4. The Morgan fingerprint density at radius 1 is 1.50 bits per heavy atom. The van der Waals surface area contributed by atoms with E-state index in [0.29, 0.717) is 0 Å². The normalized spacial score (nSPS) is 19.3. The molecule has 1 aromatic heterocycles. The van der Waals surface area contributed by atoms with Crippen molar-refractivity contribution in [3.63, 3.8) is 0 Å². The first-order chi connectivity index (χ1) is 12.6. The van der Waals surface area contributed by atoms with E-state index in [9.17, 15) is 27.4 Å². The first-order valence-electron chi connectivity index (χ1n) is 7.23. The molecule has 1 aliphatic rings. The molecule has 2 rings (SSSR count). The summed E-state index contributed by atoms with van der Waals surface area (Å²) in [6.07, 6.45) is 0. The molecule has 0 aliphatic carbocycles. The van der Waals surface area contributed by atoms with Crippen molar-refractivity contribution in [1.29, 1.82) is 0 Å². The van der Waals surface area contributed by atoms with Gasteiger partial charge in [0.15, 0.2) is 21.1 Å². The first-order valence-corrected chi connectivity index (χ1v) is 9.47. The summed E-state index contributed by atoms with van der Waals surface area (Å²) in [6, 6.07) is -2.65. The zero-order valence-corrected chi connectivity index (χ0v) is 18.7. The molecule has 16 heteroatoms. The molecule has 1 fully saturated rings. The molecule has 1 saturated heterocycles. The van der Waals surface area contributed by atoms with Gasteiger partial charge in [-0.2, -0.15) is 0 Å². The van der Waals surface area contributed by atoms with Crippen LogP contribution in [0.4, 0.5) is 5.13 Å². The maximum Gasteiger partial charge on any atom is 1.00 e. The number of carbonyl (C=O) groups excluding carboxylic acids is 3. The molecule has 13 nitrogen and oxygen atoms in total. The molecule has 2 heterocycles. The van der Waals surface area contributed by atoms with Crippen LogP contribution in [0.5, 0.6) is 0 Å². The number of nitrogens with one attached hydrogen (secondary N) is 2. The molecule has 3 amide bonds. The Labute approximate surface area is 185 Å². The van der Waals surface area contributed by atoms with Gasteiger partial charge in [0.25, 0.3) is 11.8 Å². The fourth-order valence-electron chi connectivity index (χ4n) is 2.30. The van der Waals surface area contributed by atoms with Gasteiger partial charge in [0.1, 0.15) is 18.8 Å². The maximum absolute atomic E-state index is 12.4. The number of nitrogens with two attached hydrogens (primary N) is 1. The van der Waals surface area contributed by atoms with Gasteiger partial charge in [0.05, 0.1) is 6.04 Å². The van der Waals surface area contributed by atoms with E-state index in [1.807, 2.05) is 0 Å². The number of oxime groups is 1. The number of carbonyl (C=O) groups is 3. The molecule has 0 saturated carbocycles. The van der Waals surface area contributed by atoms with E-state index in [2.05, 4.69) is 25.6 Å². The van der Waals surface area contributed by atoms with Crippen molar-refractivity contribution >= 4 is 50.2 Å². The van der Waals surface area contributed by atoms with E-state index < -0.39 is 40.1 Å². The van der Waals surface area contributed by atoms with Crippen molar-refractivity contribution < 1.29 is 61.7 Å². The number of nitrogens with zero attached hydrogens (tertiary/aromatic N) is 3. The summed E-state index contributed by atoms with van der Waals surface area (Å²) in [5, 5.41) is 9.68. The molecule has 2 atom stereocenters. The molecule has 0 bridgehead atoms. The number of rotatable bonds is 7. The fourth-order valence-corrected chi connectivity index (χ4v) is 3.71. The van der Waals surface area contributed by atoms with Gasteiger partial charge in [-0.25, -0.2) is 17.7 Å². The van der Waals surface area contributed by atoms with Crippen LogP contribution < -0.4 is 45.9 Å². The van der Waals surface area contributed by atoms with Gasteiger partial charge in [0.2, 0.25) is 5.91 Å². The second-order valence-electron chi connectivity index (χ2n) is 5.24. The summed E-state index contributed by atoms with van der Waals surface area (Å²) >= 11 is 1.04. The molecule has 0 aromatic carbocycles. The Kier molecular flexibility index (Phi) is 8.33. The number of hydrogen-bond acceptors (Lipinski definition) is 11. The second-order valence-corrected chi connectivity index (χ2v) is 7.38. The monoisotopic (exact) mass is 442 g/mol. The van der Waals surface area contributed by atoms with Crippen LogP contribution in [0.1, 0.15) is 12.6 Å². The summed E-state index contributed by atoms with van der Waals surface area (Å²) < 4.78 is 33.7. The molecule has 0 radical (unpaired) electrons. The van der Waals surface area contributed by atoms with Crippen molar-refractivity contribution in [2.75, 3.05) is 19.4 Å². The first kappa shape index (κ1) is 24.3. The van der Waals surface area contributed by atoms with Crippen LogP contribution >= 0.6 is 11.3 Å². The number of thiazole rings is 1.